The van der Waals surface area contributed by atoms with E-state index in [2.05, 4.69) is 10.6 Å². The molecule has 0 aromatic heterocycles. The molecular formula is C18H17N3O6. The Labute approximate surface area is 154 Å². The van der Waals surface area contributed by atoms with E-state index in [1.54, 1.807) is 42.5 Å². The molecule has 2 aromatic carbocycles. The maximum atomic E-state index is 11.4. The fourth-order valence-corrected chi connectivity index (χ4v) is 2.49. The number of fused-ring (bicyclic) bond motifs is 2. The van der Waals surface area contributed by atoms with Crippen molar-refractivity contribution in [2.24, 2.45) is 0 Å². The van der Waals surface area contributed by atoms with E-state index in [9.17, 15) is 14.4 Å². The van der Waals surface area contributed by atoms with Crippen LogP contribution in [0.3, 0.4) is 0 Å². The first-order chi connectivity index (χ1) is 12.9. The van der Waals surface area contributed by atoms with Crippen LogP contribution in [0.5, 0.6) is 11.5 Å². The zero-order chi connectivity index (χ0) is 19.4. The number of hydrogen-bond acceptors (Lipinski definition) is 6. The van der Waals surface area contributed by atoms with Crippen molar-refractivity contribution >= 4 is 34.8 Å². The van der Waals surface area contributed by atoms with Crippen LogP contribution < -0.4 is 25.8 Å². The number of para-hydroxylation sites is 2. The molecule has 2 heterocycles. The van der Waals surface area contributed by atoms with Gasteiger partial charge in [-0.2, -0.15) is 0 Å². The van der Waals surface area contributed by atoms with Crippen molar-refractivity contribution in [3.63, 3.8) is 0 Å². The fraction of sp³-hybridized carbons (Fsp3) is 0.167. The quantitative estimate of drug-likeness (QED) is 0.586. The first-order valence-corrected chi connectivity index (χ1v) is 8.03. The molecule has 5 N–H and O–H groups in total. The van der Waals surface area contributed by atoms with Crippen LogP contribution in [-0.4, -0.2) is 35.6 Å². The van der Waals surface area contributed by atoms with Crippen molar-refractivity contribution < 1.29 is 29.0 Å². The summed E-state index contributed by atoms with van der Waals surface area (Å²) >= 11 is 0. The molecule has 0 fully saturated rings. The third-order valence-electron chi connectivity index (χ3n) is 3.70. The Bertz CT molecular complexity index is 898. The van der Waals surface area contributed by atoms with Gasteiger partial charge in [-0.05, 0) is 30.3 Å². The van der Waals surface area contributed by atoms with Crippen LogP contribution in [0.25, 0.3) is 0 Å². The van der Waals surface area contributed by atoms with Crippen LogP contribution in [0.2, 0.25) is 0 Å². The molecule has 27 heavy (non-hydrogen) atoms. The average Bonchev–Trinajstić information content (AvgIpc) is 2.62. The van der Waals surface area contributed by atoms with Crippen LogP contribution >= 0.6 is 0 Å². The van der Waals surface area contributed by atoms with Gasteiger partial charge in [0.15, 0.2) is 12.7 Å². The van der Waals surface area contributed by atoms with Crippen molar-refractivity contribution in [3.8, 4) is 11.5 Å². The predicted octanol–water partition coefficient (Wildman–Crippen LogP) is 1.46. The molecule has 0 bridgehead atoms. The third-order valence-corrected chi connectivity index (χ3v) is 3.70. The second kappa shape index (κ2) is 7.65. The van der Waals surface area contributed by atoms with Crippen LogP contribution in [0.4, 0.5) is 17.1 Å². The SMILES string of the molecule is Nc1ccc2c(c1)NC(=O)CO2.O=C(O)CC1Oc2ccccc2NC1=O. The van der Waals surface area contributed by atoms with Gasteiger partial charge in [-0.3, -0.25) is 14.4 Å². The summed E-state index contributed by atoms with van der Waals surface area (Å²) < 4.78 is 10.4. The van der Waals surface area contributed by atoms with E-state index in [0.717, 1.165) is 0 Å². The Hall–Kier alpha value is -3.75. The molecule has 4 rings (SSSR count). The van der Waals surface area contributed by atoms with Gasteiger partial charge < -0.3 is 30.9 Å². The molecule has 1 atom stereocenters. The lowest BCUT2D eigenvalue weighted by atomic mass is 10.2. The maximum absolute atomic E-state index is 11.4. The van der Waals surface area contributed by atoms with Crippen molar-refractivity contribution in [2.75, 3.05) is 23.0 Å². The van der Waals surface area contributed by atoms with E-state index < -0.39 is 18.0 Å². The van der Waals surface area contributed by atoms with E-state index in [-0.39, 0.29) is 18.9 Å². The maximum Gasteiger partial charge on any atom is 0.307 e. The molecule has 9 heteroatoms. The second-order valence-electron chi connectivity index (χ2n) is 5.78. The van der Waals surface area contributed by atoms with Gasteiger partial charge in [0, 0.05) is 5.69 Å². The highest BCUT2D eigenvalue weighted by Crippen LogP contribution is 2.30. The number of nitrogens with two attached hydrogens (primary N) is 1. The molecule has 2 aliphatic heterocycles. The number of carboxylic acids is 1. The van der Waals surface area contributed by atoms with Crippen LogP contribution in [-0.2, 0) is 14.4 Å². The molecule has 2 amide bonds. The van der Waals surface area contributed by atoms with Gasteiger partial charge in [0.1, 0.15) is 11.5 Å². The lowest BCUT2D eigenvalue weighted by Crippen LogP contribution is -2.38. The molecule has 1 unspecified atom stereocenters. The Morgan fingerprint density at radius 2 is 1.89 bits per heavy atom. The number of hydrogen-bond donors (Lipinski definition) is 4. The number of carboxylic acid groups (broad SMARTS) is 1. The second-order valence-corrected chi connectivity index (χ2v) is 5.78. The van der Waals surface area contributed by atoms with Gasteiger partial charge in [0.25, 0.3) is 11.8 Å². The lowest BCUT2D eigenvalue weighted by Gasteiger charge is -2.24. The van der Waals surface area contributed by atoms with Crippen molar-refractivity contribution in [1.29, 1.82) is 0 Å². The molecule has 140 valence electrons. The molecule has 9 nitrogen and oxygen atoms in total. The minimum absolute atomic E-state index is 0.0803. The predicted molar refractivity (Wildman–Crippen MR) is 96.7 cm³/mol. The van der Waals surface area contributed by atoms with Crippen molar-refractivity contribution in [1.82, 2.24) is 0 Å². The molecule has 0 saturated carbocycles. The number of amides is 2. The number of nitrogen functional groups attached to an aromatic ring is 1. The number of aliphatic carboxylic acids is 1. The molecule has 0 radical (unpaired) electrons. The zero-order valence-electron chi connectivity index (χ0n) is 14.1. The molecule has 0 saturated heterocycles. The van der Waals surface area contributed by atoms with Gasteiger partial charge in [-0.25, -0.2) is 0 Å². The van der Waals surface area contributed by atoms with E-state index in [0.29, 0.717) is 28.6 Å². The number of benzene rings is 2. The van der Waals surface area contributed by atoms with Gasteiger partial charge in [0.2, 0.25) is 0 Å². The summed E-state index contributed by atoms with van der Waals surface area (Å²) in [5.41, 5.74) is 7.35. The highest BCUT2D eigenvalue weighted by Gasteiger charge is 2.29. The number of carbonyl (C=O) groups excluding carboxylic acids is 2. The number of ether oxygens (including phenoxy) is 2. The lowest BCUT2D eigenvalue weighted by molar-refractivity contribution is -0.142. The molecule has 2 aliphatic rings. The highest BCUT2D eigenvalue weighted by atomic mass is 16.5. The largest absolute Gasteiger partial charge is 0.482 e. The van der Waals surface area contributed by atoms with Gasteiger partial charge in [0.05, 0.1) is 17.8 Å². The van der Waals surface area contributed by atoms with Crippen LogP contribution in [0.1, 0.15) is 6.42 Å². The highest BCUT2D eigenvalue weighted by molar-refractivity contribution is 5.99. The summed E-state index contributed by atoms with van der Waals surface area (Å²) in [5.74, 6) is -0.453. The first kappa shape index (κ1) is 18.1. The summed E-state index contributed by atoms with van der Waals surface area (Å²) in [4.78, 5) is 32.7. The average molecular weight is 371 g/mol. The topological polar surface area (TPSA) is 140 Å². The zero-order valence-corrected chi connectivity index (χ0v) is 14.1. The normalized spacial score (nSPS) is 16.8. The summed E-state index contributed by atoms with van der Waals surface area (Å²) in [6.07, 6.45) is -1.28. The smallest absolute Gasteiger partial charge is 0.307 e. The van der Waals surface area contributed by atoms with E-state index in [1.165, 1.54) is 0 Å². The van der Waals surface area contributed by atoms with Crippen LogP contribution in [0, 0.1) is 0 Å². The van der Waals surface area contributed by atoms with Gasteiger partial charge in [-0.15, -0.1) is 0 Å². The van der Waals surface area contributed by atoms with Crippen LogP contribution in [0.15, 0.2) is 42.5 Å². The summed E-state index contributed by atoms with van der Waals surface area (Å²) in [7, 11) is 0. The van der Waals surface area contributed by atoms with Crippen molar-refractivity contribution in [2.45, 2.75) is 12.5 Å². The fourth-order valence-electron chi connectivity index (χ4n) is 2.49. The Kier molecular flexibility index (Phi) is 5.11. The van der Waals surface area contributed by atoms with Crippen molar-refractivity contribution in [3.05, 3.63) is 42.5 Å². The Morgan fingerprint density at radius 3 is 2.67 bits per heavy atom. The first-order valence-electron chi connectivity index (χ1n) is 8.03. The Morgan fingerprint density at radius 1 is 1.11 bits per heavy atom. The number of anilines is 3. The molecule has 0 spiro atoms. The van der Waals surface area contributed by atoms with Gasteiger partial charge >= 0.3 is 5.97 Å². The Balaban J connectivity index is 0.000000159. The standard InChI is InChI=1S/C10H9NO4.C8H8N2O2/c12-9(13)5-8-10(14)11-6-3-1-2-4-7(6)15-8;9-5-1-2-7-6(3-5)10-8(11)4-12-7/h1-4,8H,5H2,(H,11,14)(H,12,13);1-3H,4,9H2,(H,10,11). The summed E-state index contributed by atoms with van der Waals surface area (Å²) in [6, 6.07) is 12.1. The van der Waals surface area contributed by atoms with E-state index >= 15 is 0 Å². The summed E-state index contributed by atoms with van der Waals surface area (Å²) in [6.45, 7) is 0.0803. The number of rotatable bonds is 2. The minimum Gasteiger partial charge on any atom is -0.482 e. The minimum atomic E-state index is -1.06. The molecule has 0 aliphatic carbocycles. The van der Waals surface area contributed by atoms with E-state index in [1.807, 2.05) is 0 Å². The van der Waals surface area contributed by atoms with Gasteiger partial charge in [-0.1, -0.05) is 12.1 Å². The molecular weight excluding hydrogens is 354 g/mol. The monoisotopic (exact) mass is 371 g/mol. The number of carbonyl (C=O) groups is 3. The molecule has 2 aromatic rings. The van der Waals surface area contributed by atoms with E-state index in [4.69, 9.17) is 20.3 Å². The number of nitrogens with one attached hydrogen (secondary N) is 2. The third kappa shape index (κ3) is 4.46. The summed E-state index contributed by atoms with van der Waals surface area (Å²) in [5, 5.41) is 13.8.